The van der Waals surface area contributed by atoms with E-state index >= 15 is 0 Å². The van der Waals surface area contributed by atoms with Gasteiger partial charge < -0.3 is 9.47 Å². The summed E-state index contributed by atoms with van der Waals surface area (Å²) in [5, 5.41) is 8.77. The zero-order chi connectivity index (χ0) is 13.1. The quantitative estimate of drug-likeness (QED) is 0.812. The Labute approximate surface area is 112 Å². The Morgan fingerprint density at radius 2 is 1.58 bits per heavy atom. The molecular weight excluding hydrogens is 242 g/mol. The lowest BCUT2D eigenvalue weighted by Gasteiger charge is -2.27. The molecule has 5 nitrogen and oxygen atoms in total. The first-order valence-corrected chi connectivity index (χ1v) is 6.92. The summed E-state index contributed by atoms with van der Waals surface area (Å²) in [4.78, 5) is 8.52. The van der Waals surface area contributed by atoms with Crippen molar-refractivity contribution >= 4 is 0 Å². The maximum Gasteiger partial charge on any atom is 0.220 e. The molecule has 2 aliphatic carbocycles. The second kappa shape index (κ2) is 5.43. The van der Waals surface area contributed by atoms with Crippen LogP contribution in [0.3, 0.4) is 0 Å². The summed E-state index contributed by atoms with van der Waals surface area (Å²) in [6.45, 7) is 0. The largest absolute Gasteiger partial charge is 0.474 e. The average Bonchev–Trinajstić information content (AvgIpc) is 2.29. The standard InChI is InChI=1S/C14H17N3O2/c15-8-7-12-16-13(18-10-3-1-4-10)9-14(17-12)19-11-5-2-6-11/h9-11H,1-7H2. The van der Waals surface area contributed by atoms with E-state index in [0.29, 0.717) is 17.6 Å². The van der Waals surface area contributed by atoms with E-state index in [-0.39, 0.29) is 18.6 Å². The van der Waals surface area contributed by atoms with Crippen LogP contribution in [0.2, 0.25) is 0 Å². The molecule has 0 radical (unpaired) electrons. The first-order chi connectivity index (χ1) is 9.33. The van der Waals surface area contributed by atoms with Gasteiger partial charge in [0.15, 0.2) is 0 Å². The van der Waals surface area contributed by atoms with Crippen molar-refractivity contribution in [3.63, 3.8) is 0 Å². The Bertz CT molecular complexity index is 456. The van der Waals surface area contributed by atoms with E-state index in [0.717, 1.165) is 25.7 Å². The molecule has 1 heterocycles. The highest BCUT2D eigenvalue weighted by Gasteiger charge is 2.23. The van der Waals surface area contributed by atoms with Crippen LogP contribution in [0.1, 0.15) is 44.3 Å². The molecule has 3 rings (SSSR count). The lowest BCUT2D eigenvalue weighted by Crippen LogP contribution is -2.26. The van der Waals surface area contributed by atoms with E-state index < -0.39 is 0 Å². The van der Waals surface area contributed by atoms with Crippen LogP contribution in [0.15, 0.2) is 6.07 Å². The third kappa shape index (κ3) is 2.95. The third-order valence-corrected chi connectivity index (χ3v) is 3.64. The molecule has 1 aromatic heterocycles. The van der Waals surface area contributed by atoms with Crippen LogP contribution in [0.4, 0.5) is 0 Å². The first kappa shape index (κ1) is 12.2. The zero-order valence-electron chi connectivity index (χ0n) is 10.8. The molecule has 0 bridgehead atoms. The molecular formula is C14H17N3O2. The molecule has 0 amide bonds. The van der Waals surface area contributed by atoms with Gasteiger partial charge in [-0.3, -0.25) is 0 Å². The smallest absolute Gasteiger partial charge is 0.220 e. The summed E-state index contributed by atoms with van der Waals surface area (Å²) in [5.74, 6) is 1.56. The van der Waals surface area contributed by atoms with Gasteiger partial charge in [0.25, 0.3) is 0 Å². The van der Waals surface area contributed by atoms with Crippen molar-refractivity contribution in [2.24, 2.45) is 0 Å². The number of hydrogen-bond donors (Lipinski definition) is 0. The van der Waals surface area contributed by atoms with Gasteiger partial charge in [0.1, 0.15) is 18.0 Å². The lowest BCUT2D eigenvalue weighted by atomic mass is 9.96. The summed E-state index contributed by atoms with van der Waals surface area (Å²) in [6.07, 6.45) is 7.46. The molecule has 0 N–H and O–H groups in total. The van der Waals surface area contributed by atoms with Crippen molar-refractivity contribution in [2.75, 3.05) is 0 Å². The molecule has 2 saturated carbocycles. The van der Waals surface area contributed by atoms with Crippen LogP contribution in [-0.2, 0) is 6.42 Å². The minimum atomic E-state index is 0.183. The molecule has 2 fully saturated rings. The van der Waals surface area contributed by atoms with E-state index in [4.69, 9.17) is 14.7 Å². The van der Waals surface area contributed by atoms with Gasteiger partial charge in [0.2, 0.25) is 11.8 Å². The minimum Gasteiger partial charge on any atom is -0.474 e. The summed E-state index contributed by atoms with van der Waals surface area (Å²) >= 11 is 0. The number of ether oxygens (including phenoxy) is 2. The molecule has 19 heavy (non-hydrogen) atoms. The highest BCUT2D eigenvalue weighted by molar-refractivity contribution is 5.22. The van der Waals surface area contributed by atoms with Gasteiger partial charge >= 0.3 is 0 Å². The van der Waals surface area contributed by atoms with Crippen molar-refractivity contribution in [3.05, 3.63) is 11.9 Å². The molecule has 0 unspecified atom stereocenters. The van der Waals surface area contributed by atoms with Crippen molar-refractivity contribution in [1.29, 1.82) is 5.26 Å². The lowest BCUT2D eigenvalue weighted by molar-refractivity contribution is 0.104. The van der Waals surface area contributed by atoms with Crippen LogP contribution in [0.5, 0.6) is 11.8 Å². The van der Waals surface area contributed by atoms with Crippen molar-refractivity contribution < 1.29 is 9.47 Å². The molecule has 0 saturated heterocycles. The van der Waals surface area contributed by atoms with Gasteiger partial charge in [-0.1, -0.05) is 0 Å². The SMILES string of the molecule is N#CCc1nc(OC2CCC2)cc(OC2CCC2)n1. The second-order valence-corrected chi connectivity index (χ2v) is 5.14. The summed E-state index contributed by atoms with van der Waals surface area (Å²) in [6, 6.07) is 3.81. The van der Waals surface area contributed by atoms with Gasteiger partial charge in [0, 0.05) is 0 Å². The van der Waals surface area contributed by atoms with Crippen molar-refractivity contribution in [2.45, 2.75) is 57.2 Å². The minimum absolute atomic E-state index is 0.183. The fourth-order valence-electron chi connectivity index (χ4n) is 2.04. The predicted molar refractivity (Wildman–Crippen MR) is 67.9 cm³/mol. The van der Waals surface area contributed by atoms with Crippen LogP contribution in [0.25, 0.3) is 0 Å². The predicted octanol–water partition coefficient (Wildman–Crippen LogP) is 2.41. The number of nitrogens with zero attached hydrogens (tertiary/aromatic N) is 3. The van der Waals surface area contributed by atoms with Gasteiger partial charge in [-0.15, -0.1) is 0 Å². The fourth-order valence-corrected chi connectivity index (χ4v) is 2.04. The monoisotopic (exact) mass is 259 g/mol. The maximum absolute atomic E-state index is 8.77. The average molecular weight is 259 g/mol. The van der Waals surface area contributed by atoms with Crippen molar-refractivity contribution in [3.8, 4) is 17.8 Å². The summed E-state index contributed by atoms with van der Waals surface area (Å²) in [7, 11) is 0. The molecule has 2 aliphatic rings. The Morgan fingerprint density at radius 3 is 1.95 bits per heavy atom. The van der Waals surface area contributed by atoms with Crippen LogP contribution >= 0.6 is 0 Å². The van der Waals surface area contributed by atoms with E-state index in [1.807, 2.05) is 0 Å². The molecule has 0 spiro atoms. The van der Waals surface area contributed by atoms with Gasteiger partial charge in [-0.05, 0) is 38.5 Å². The molecule has 0 aliphatic heterocycles. The topological polar surface area (TPSA) is 68.0 Å². The highest BCUT2D eigenvalue weighted by atomic mass is 16.5. The van der Waals surface area contributed by atoms with E-state index in [2.05, 4.69) is 16.0 Å². The van der Waals surface area contributed by atoms with Crippen molar-refractivity contribution in [1.82, 2.24) is 9.97 Å². The zero-order valence-corrected chi connectivity index (χ0v) is 10.8. The Kier molecular flexibility index (Phi) is 3.49. The summed E-state index contributed by atoms with van der Waals surface area (Å²) in [5.41, 5.74) is 0. The Hall–Kier alpha value is -1.83. The van der Waals surface area contributed by atoms with Gasteiger partial charge in [-0.2, -0.15) is 15.2 Å². The maximum atomic E-state index is 8.77. The van der Waals surface area contributed by atoms with Crippen LogP contribution in [0, 0.1) is 11.3 Å². The molecule has 5 heteroatoms. The van der Waals surface area contributed by atoms with E-state index in [1.165, 1.54) is 12.8 Å². The Morgan fingerprint density at radius 1 is 1.05 bits per heavy atom. The molecule has 100 valence electrons. The third-order valence-electron chi connectivity index (χ3n) is 3.64. The van der Waals surface area contributed by atoms with Crippen LogP contribution in [-0.4, -0.2) is 22.2 Å². The number of rotatable bonds is 5. The summed E-state index contributed by atoms with van der Waals surface area (Å²) < 4.78 is 11.5. The normalized spacial score (nSPS) is 19.1. The highest BCUT2D eigenvalue weighted by Crippen LogP contribution is 2.28. The fraction of sp³-hybridized carbons (Fsp3) is 0.643. The van der Waals surface area contributed by atoms with E-state index in [9.17, 15) is 0 Å². The van der Waals surface area contributed by atoms with Gasteiger partial charge in [-0.25, -0.2) is 0 Å². The number of nitriles is 1. The Balaban J connectivity index is 1.74. The second-order valence-electron chi connectivity index (χ2n) is 5.14. The van der Waals surface area contributed by atoms with Crippen LogP contribution < -0.4 is 9.47 Å². The number of hydrogen-bond acceptors (Lipinski definition) is 5. The van der Waals surface area contributed by atoms with E-state index in [1.54, 1.807) is 6.07 Å². The molecule has 1 aromatic rings. The first-order valence-electron chi connectivity index (χ1n) is 6.92. The van der Waals surface area contributed by atoms with Gasteiger partial charge in [0.05, 0.1) is 18.6 Å². The molecule has 0 atom stereocenters. The molecule has 0 aromatic carbocycles. The number of aromatic nitrogens is 2.